The van der Waals surface area contributed by atoms with E-state index in [2.05, 4.69) is 25.9 Å². The van der Waals surface area contributed by atoms with E-state index in [1.54, 1.807) is 18.0 Å². The van der Waals surface area contributed by atoms with Gasteiger partial charge in [-0.05, 0) is 49.6 Å². The Balaban J connectivity index is 0.00000103. The first kappa shape index (κ1) is 24.5. The monoisotopic (exact) mass is 474 g/mol. The highest BCUT2D eigenvalue weighted by Crippen LogP contribution is 2.33. The number of hydrogen-bond acceptors (Lipinski definition) is 6. The fourth-order valence-corrected chi connectivity index (χ4v) is 3.53. The van der Waals surface area contributed by atoms with Gasteiger partial charge in [-0.15, -0.1) is 0 Å². The number of imidazole rings is 1. The van der Waals surface area contributed by atoms with Gasteiger partial charge >= 0.3 is 6.03 Å². The summed E-state index contributed by atoms with van der Waals surface area (Å²) in [7, 11) is 1.84. The van der Waals surface area contributed by atoms with Gasteiger partial charge in [0, 0.05) is 35.7 Å². The minimum Gasteiger partial charge on any atom is -0.373 e. The number of hydrogen-bond donors (Lipinski definition) is 4. The van der Waals surface area contributed by atoms with E-state index in [1.165, 1.54) is 6.92 Å². The first-order valence-corrected chi connectivity index (χ1v) is 11.7. The summed E-state index contributed by atoms with van der Waals surface area (Å²) in [5.74, 6) is 0.775. The summed E-state index contributed by atoms with van der Waals surface area (Å²) in [6, 6.07) is 20.6. The minimum atomic E-state index is -0.303. The molecule has 0 aliphatic heterocycles. The fraction of sp³-hybridized carbons (Fsp3) is 0.120. The average Bonchev–Trinajstić information content (AvgIpc) is 3.30. The van der Waals surface area contributed by atoms with Gasteiger partial charge < -0.3 is 25.7 Å². The SMILES string of the molecule is CC=O.CNc1cc(-c2[nH]c(SC)nc2-c2cccc(NC(=O)Nc3ccccc3)c2)ccn1. The maximum absolute atomic E-state index is 12.4. The number of pyridine rings is 1. The highest BCUT2D eigenvalue weighted by molar-refractivity contribution is 7.98. The lowest BCUT2D eigenvalue weighted by Crippen LogP contribution is -2.19. The third-order valence-corrected chi connectivity index (χ3v) is 5.19. The van der Waals surface area contributed by atoms with Gasteiger partial charge in [-0.1, -0.05) is 42.1 Å². The third-order valence-electron chi connectivity index (χ3n) is 4.61. The highest BCUT2D eigenvalue weighted by atomic mass is 32.2. The molecule has 2 heterocycles. The number of benzene rings is 2. The molecule has 0 fully saturated rings. The van der Waals surface area contributed by atoms with Crippen molar-refractivity contribution in [2.45, 2.75) is 12.1 Å². The Morgan fingerprint density at radius 1 is 0.971 bits per heavy atom. The van der Waals surface area contributed by atoms with Gasteiger partial charge in [-0.25, -0.2) is 14.8 Å². The number of rotatable bonds is 6. The van der Waals surface area contributed by atoms with Crippen molar-refractivity contribution >= 4 is 41.3 Å². The summed E-state index contributed by atoms with van der Waals surface area (Å²) in [5.41, 5.74) is 4.98. The molecular weight excluding hydrogens is 448 g/mol. The normalized spacial score (nSPS) is 9.97. The summed E-state index contributed by atoms with van der Waals surface area (Å²) in [4.78, 5) is 33.6. The smallest absolute Gasteiger partial charge is 0.323 e. The van der Waals surface area contributed by atoms with Crippen molar-refractivity contribution in [2.75, 3.05) is 29.3 Å². The van der Waals surface area contributed by atoms with Crippen molar-refractivity contribution in [1.82, 2.24) is 15.0 Å². The van der Waals surface area contributed by atoms with E-state index in [9.17, 15) is 4.79 Å². The number of carbonyl (C=O) groups excluding carboxylic acids is 2. The van der Waals surface area contributed by atoms with Crippen LogP contribution in [-0.2, 0) is 4.79 Å². The molecule has 0 unspecified atom stereocenters. The molecule has 4 N–H and O–H groups in total. The number of carbonyl (C=O) groups is 2. The molecule has 8 nitrogen and oxygen atoms in total. The zero-order valence-electron chi connectivity index (χ0n) is 19.1. The third kappa shape index (κ3) is 6.46. The number of aromatic nitrogens is 3. The molecule has 0 aliphatic rings. The van der Waals surface area contributed by atoms with Crippen molar-refractivity contribution in [3.05, 3.63) is 72.9 Å². The van der Waals surface area contributed by atoms with E-state index in [1.807, 2.05) is 80.0 Å². The number of nitrogens with one attached hydrogen (secondary N) is 4. The molecule has 0 radical (unpaired) electrons. The van der Waals surface area contributed by atoms with Crippen molar-refractivity contribution in [1.29, 1.82) is 0 Å². The van der Waals surface area contributed by atoms with E-state index < -0.39 is 0 Å². The minimum absolute atomic E-state index is 0.303. The lowest BCUT2D eigenvalue weighted by Gasteiger charge is -2.09. The zero-order valence-corrected chi connectivity index (χ0v) is 19.9. The van der Waals surface area contributed by atoms with Gasteiger partial charge in [0.1, 0.15) is 12.1 Å². The van der Waals surface area contributed by atoms with Gasteiger partial charge in [0.05, 0.1) is 11.4 Å². The van der Waals surface area contributed by atoms with Gasteiger partial charge in [0.2, 0.25) is 0 Å². The van der Waals surface area contributed by atoms with Crippen LogP contribution in [0.25, 0.3) is 22.5 Å². The Labute approximate surface area is 202 Å². The van der Waals surface area contributed by atoms with E-state index in [4.69, 9.17) is 9.78 Å². The second kappa shape index (κ2) is 12.2. The second-order valence-electron chi connectivity index (χ2n) is 6.91. The zero-order chi connectivity index (χ0) is 24.3. The quantitative estimate of drug-likeness (QED) is 0.209. The summed E-state index contributed by atoms with van der Waals surface area (Å²) < 4.78 is 0. The molecule has 0 saturated heterocycles. The van der Waals surface area contributed by atoms with E-state index >= 15 is 0 Å². The Morgan fingerprint density at radius 3 is 2.38 bits per heavy atom. The summed E-state index contributed by atoms with van der Waals surface area (Å²) in [5, 5.41) is 9.58. The first-order chi connectivity index (χ1) is 16.6. The lowest BCUT2D eigenvalue weighted by atomic mass is 10.1. The van der Waals surface area contributed by atoms with E-state index in [-0.39, 0.29) is 6.03 Å². The van der Waals surface area contributed by atoms with Gasteiger partial charge in [0.15, 0.2) is 5.16 Å². The molecule has 2 aromatic carbocycles. The molecule has 2 amide bonds. The molecule has 0 spiro atoms. The molecule has 34 heavy (non-hydrogen) atoms. The molecule has 4 rings (SSSR count). The molecule has 0 bridgehead atoms. The van der Waals surface area contributed by atoms with Gasteiger partial charge in [-0.3, -0.25) is 0 Å². The number of thioether (sulfide) groups is 1. The number of para-hydroxylation sites is 1. The maximum atomic E-state index is 12.4. The van der Waals surface area contributed by atoms with E-state index in [0.717, 1.165) is 45.5 Å². The van der Waals surface area contributed by atoms with Crippen LogP contribution >= 0.6 is 11.8 Å². The number of urea groups is 1. The average molecular weight is 475 g/mol. The molecule has 0 saturated carbocycles. The molecule has 9 heteroatoms. The maximum Gasteiger partial charge on any atom is 0.323 e. The van der Waals surface area contributed by atoms with Gasteiger partial charge in [-0.2, -0.15) is 0 Å². The molecule has 2 aromatic heterocycles. The van der Waals surface area contributed by atoms with Crippen molar-refractivity contribution in [2.24, 2.45) is 0 Å². The molecule has 174 valence electrons. The first-order valence-electron chi connectivity index (χ1n) is 10.5. The number of H-pyrrole nitrogens is 1. The fourth-order valence-electron chi connectivity index (χ4n) is 3.15. The largest absolute Gasteiger partial charge is 0.373 e. The molecule has 4 aromatic rings. The molecule has 0 atom stereocenters. The number of aromatic amines is 1. The predicted octanol–water partition coefficient (Wildman–Crippen LogP) is 5.75. The van der Waals surface area contributed by atoms with Gasteiger partial charge in [0.25, 0.3) is 0 Å². The standard InChI is InChI=1S/C23H22N6OS.C2H4O/c1-24-19-14-16(11-12-25-19)21-20(28-23(29-21)31-2)15-7-6-10-18(13-15)27-22(30)26-17-8-4-3-5-9-17;1-2-3/h3-14H,1-2H3,(H,24,25)(H,28,29)(H2,26,27,30);2H,1H3. The van der Waals surface area contributed by atoms with Crippen LogP contribution in [0.5, 0.6) is 0 Å². The summed E-state index contributed by atoms with van der Waals surface area (Å²) in [6.07, 6.45) is 4.49. The Kier molecular flexibility index (Phi) is 8.81. The number of anilines is 3. The van der Waals surface area contributed by atoms with Crippen LogP contribution in [0, 0.1) is 0 Å². The number of aldehydes is 1. The number of nitrogens with zero attached hydrogens (tertiary/aromatic N) is 2. The van der Waals surface area contributed by atoms with Crippen LogP contribution in [0.2, 0.25) is 0 Å². The molecular formula is C25H26N6O2S. The van der Waals surface area contributed by atoms with Crippen LogP contribution in [-0.4, -0.2) is 40.6 Å². The van der Waals surface area contributed by atoms with Crippen LogP contribution in [0.1, 0.15) is 6.92 Å². The van der Waals surface area contributed by atoms with Crippen molar-refractivity contribution in [3.63, 3.8) is 0 Å². The number of amides is 2. The van der Waals surface area contributed by atoms with E-state index in [0.29, 0.717) is 5.69 Å². The topological polar surface area (TPSA) is 112 Å². The lowest BCUT2D eigenvalue weighted by molar-refractivity contribution is -0.106. The van der Waals surface area contributed by atoms with Crippen molar-refractivity contribution < 1.29 is 9.59 Å². The Morgan fingerprint density at radius 2 is 1.68 bits per heavy atom. The Hall–Kier alpha value is -4.11. The van der Waals surface area contributed by atoms with Crippen LogP contribution < -0.4 is 16.0 Å². The van der Waals surface area contributed by atoms with Crippen LogP contribution in [0.4, 0.5) is 22.0 Å². The van der Waals surface area contributed by atoms with Crippen LogP contribution in [0.15, 0.2) is 78.1 Å². The predicted molar refractivity (Wildman–Crippen MR) is 139 cm³/mol. The van der Waals surface area contributed by atoms with Crippen molar-refractivity contribution in [3.8, 4) is 22.5 Å². The summed E-state index contributed by atoms with van der Waals surface area (Å²) >= 11 is 1.54. The second-order valence-corrected chi connectivity index (χ2v) is 7.71. The van der Waals surface area contributed by atoms with Crippen LogP contribution in [0.3, 0.4) is 0 Å². The highest BCUT2D eigenvalue weighted by Gasteiger charge is 2.15. The molecule has 0 aliphatic carbocycles. The summed E-state index contributed by atoms with van der Waals surface area (Å²) in [6.45, 7) is 1.44. The Bertz CT molecular complexity index is 1240.